The van der Waals surface area contributed by atoms with Gasteiger partial charge in [0.25, 0.3) is 0 Å². The molecule has 1 aliphatic rings. The van der Waals surface area contributed by atoms with E-state index in [0.29, 0.717) is 0 Å². The van der Waals surface area contributed by atoms with E-state index in [1.165, 1.54) is 55.4 Å². The van der Waals surface area contributed by atoms with E-state index in [2.05, 4.69) is 77.6 Å². The van der Waals surface area contributed by atoms with Gasteiger partial charge in [0.1, 0.15) is 11.0 Å². The molecule has 1 atom stereocenters. The van der Waals surface area contributed by atoms with Crippen molar-refractivity contribution in [3.63, 3.8) is 0 Å². The van der Waals surface area contributed by atoms with Gasteiger partial charge in [-0.1, -0.05) is 6.07 Å². The maximum Gasteiger partial charge on any atom is 0.145 e. The monoisotopic (exact) mass is 460 g/mol. The molecule has 0 spiro atoms. The van der Waals surface area contributed by atoms with Crippen molar-refractivity contribution in [3.8, 4) is 0 Å². The van der Waals surface area contributed by atoms with Crippen molar-refractivity contribution in [2.75, 3.05) is 0 Å². The fourth-order valence-electron chi connectivity index (χ4n) is 4.95. The maximum absolute atomic E-state index is 13.3. The highest BCUT2D eigenvalue weighted by molar-refractivity contribution is 7.85. The first-order chi connectivity index (χ1) is 15.3. The average molecular weight is 461 g/mol. The van der Waals surface area contributed by atoms with Gasteiger partial charge in [-0.3, -0.25) is 0 Å². The molecular formula is C29H36N2OS. The number of hydrogen-bond acceptors (Lipinski definition) is 1. The topological polar surface area (TPSA) is 34.4 Å². The minimum absolute atomic E-state index is 0.427. The Hall–Kier alpha value is -2.46. The van der Waals surface area contributed by atoms with Crippen molar-refractivity contribution >= 4 is 33.7 Å². The highest BCUT2D eigenvalue weighted by Crippen LogP contribution is 2.37. The fourth-order valence-corrected chi connectivity index (χ4v) is 5.60. The van der Waals surface area contributed by atoms with E-state index >= 15 is 0 Å². The van der Waals surface area contributed by atoms with Crippen molar-refractivity contribution in [2.45, 2.75) is 73.5 Å². The Morgan fingerprint density at radius 3 is 2.27 bits per heavy atom. The molecule has 4 heteroatoms. The molecule has 3 aromatic rings. The number of fused-ring (bicyclic) bond motifs is 2. The lowest BCUT2D eigenvalue weighted by Crippen LogP contribution is -2.22. The maximum atomic E-state index is 13.3. The van der Waals surface area contributed by atoms with Crippen molar-refractivity contribution in [3.05, 3.63) is 74.0 Å². The van der Waals surface area contributed by atoms with Gasteiger partial charge in [0.05, 0.1) is 16.0 Å². The van der Waals surface area contributed by atoms with Crippen molar-refractivity contribution in [1.29, 1.82) is 0 Å². The molecule has 1 aliphatic carbocycles. The van der Waals surface area contributed by atoms with E-state index in [0.717, 1.165) is 23.3 Å². The van der Waals surface area contributed by atoms with Crippen LogP contribution in [0.1, 0.15) is 70.8 Å². The van der Waals surface area contributed by atoms with E-state index < -0.39 is 15.7 Å². The van der Waals surface area contributed by atoms with Crippen molar-refractivity contribution < 1.29 is 4.21 Å². The number of aryl methyl sites for hydroxylation is 3. The first-order valence-corrected chi connectivity index (χ1v) is 12.8. The number of aromatic nitrogens is 1. The SMILES string of the molecule is Cc1cc2c(c(C)c1C)C=C(C(=NS(=O)C(C)(C)C)c1c(C)c(C)c(C)c3c1ccn3C)C2. The first-order valence-electron chi connectivity index (χ1n) is 11.7. The van der Waals surface area contributed by atoms with Gasteiger partial charge in [0.15, 0.2) is 0 Å². The summed E-state index contributed by atoms with van der Waals surface area (Å²) in [7, 11) is 0.735. The average Bonchev–Trinajstić information content (AvgIpc) is 3.32. The van der Waals surface area contributed by atoms with Crippen LogP contribution in [-0.4, -0.2) is 19.2 Å². The van der Waals surface area contributed by atoms with Gasteiger partial charge in [-0.05, 0) is 125 Å². The van der Waals surface area contributed by atoms with E-state index in [4.69, 9.17) is 4.40 Å². The Bertz CT molecular complexity index is 1390. The minimum atomic E-state index is -1.36. The summed E-state index contributed by atoms with van der Waals surface area (Å²) in [6.45, 7) is 19.1. The van der Waals surface area contributed by atoms with Gasteiger partial charge < -0.3 is 4.57 Å². The van der Waals surface area contributed by atoms with E-state index in [9.17, 15) is 4.21 Å². The predicted octanol–water partition coefficient (Wildman–Crippen LogP) is 6.92. The third-order valence-electron chi connectivity index (χ3n) is 7.43. The molecule has 1 unspecified atom stereocenters. The molecule has 0 amide bonds. The Morgan fingerprint density at radius 1 is 0.970 bits per heavy atom. The van der Waals surface area contributed by atoms with E-state index in [-0.39, 0.29) is 0 Å². The zero-order valence-electron chi connectivity index (χ0n) is 21.7. The Labute approximate surface area is 201 Å². The third kappa shape index (κ3) is 3.82. The summed E-state index contributed by atoms with van der Waals surface area (Å²) < 4.78 is 20.1. The second-order valence-corrected chi connectivity index (χ2v) is 12.5. The number of benzene rings is 2. The Morgan fingerprint density at radius 2 is 1.64 bits per heavy atom. The molecule has 33 heavy (non-hydrogen) atoms. The second-order valence-electron chi connectivity index (χ2n) is 10.6. The highest BCUT2D eigenvalue weighted by atomic mass is 32.2. The Kier molecular flexibility index (Phi) is 5.81. The van der Waals surface area contributed by atoms with Crippen molar-refractivity contribution in [2.24, 2.45) is 11.4 Å². The first kappa shape index (κ1) is 23.7. The van der Waals surface area contributed by atoms with Crippen LogP contribution in [0.15, 0.2) is 28.3 Å². The van der Waals surface area contributed by atoms with E-state index in [1.807, 2.05) is 20.8 Å². The zero-order valence-corrected chi connectivity index (χ0v) is 22.5. The lowest BCUT2D eigenvalue weighted by atomic mass is 9.89. The molecule has 0 bridgehead atoms. The lowest BCUT2D eigenvalue weighted by Gasteiger charge is -2.20. The number of nitrogens with zero attached hydrogens (tertiary/aromatic N) is 2. The molecule has 0 saturated carbocycles. The van der Waals surface area contributed by atoms with Crippen LogP contribution in [-0.2, 0) is 24.5 Å². The molecule has 174 valence electrons. The standard InChI is InChI=1S/C29H36N2OS/c1-16-13-22-14-23(15-25(22)19(4)17(16)2)27(30-33(32)29(7,8)9)26-20(5)18(3)21(6)28-24(26)11-12-31(28)10/h11-13,15H,14H2,1-10H3. The van der Waals surface area contributed by atoms with Crippen LogP contribution >= 0.6 is 0 Å². The van der Waals surface area contributed by atoms with Crippen LogP contribution < -0.4 is 0 Å². The molecule has 2 aromatic carbocycles. The van der Waals surface area contributed by atoms with Gasteiger partial charge >= 0.3 is 0 Å². The van der Waals surface area contributed by atoms with Gasteiger partial charge in [-0.15, -0.1) is 0 Å². The third-order valence-corrected chi connectivity index (χ3v) is 8.83. The summed E-state index contributed by atoms with van der Waals surface area (Å²) in [5.41, 5.74) is 14.8. The summed E-state index contributed by atoms with van der Waals surface area (Å²) >= 11 is 0. The number of rotatable bonds is 3. The van der Waals surface area contributed by atoms with Gasteiger partial charge in [0, 0.05) is 30.6 Å². The minimum Gasteiger partial charge on any atom is -0.350 e. The van der Waals surface area contributed by atoms with Crippen LogP contribution in [0.3, 0.4) is 0 Å². The summed E-state index contributed by atoms with van der Waals surface area (Å²) in [5.74, 6) is 0. The molecule has 1 heterocycles. The Balaban J connectivity index is 2.04. The fraction of sp³-hybridized carbons (Fsp3) is 0.414. The number of allylic oxidation sites excluding steroid dienone is 1. The smallest absolute Gasteiger partial charge is 0.145 e. The number of hydrogen-bond donors (Lipinski definition) is 0. The molecule has 4 rings (SSSR count). The van der Waals surface area contributed by atoms with Gasteiger partial charge in [-0.25, -0.2) is 4.21 Å². The van der Waals surface area contributed by atoms with Crippen LogP contribution in [0.4, 0.5) is 0 Å². The molecule has 1 aromatic heterocycles. The molecule has 0 saturated heterocycles. The quantitative estimate of drug-likeness (QED) is 0.391. The molecule has 0 radical (unpaired) electrons. The molecule has 0 N–H and O–H groups in total. The summed E-state index contributed by atoms with van der Waals surface area (Å²) in [5, 5.41) is 1.18. The summed E-state index contributed by atoms with van der Waals surface area (Å²) in [6.07, 6.45) is 5.23. The van der Waals surface area contributed by atoms with Crippen LogP contribution in [0.5, 0.6) is 0 Å². The van der Waals surface area contributed by atoms with Crippen LogP contribution in [0, 0.1) is 41.5 Å². The predicted molar refractivity (Wildman–Crippen MR) is 144 cm³/mol. The van der Waals surface area contributed by atoms with Crippen molar-refractivity contribution in [1.82, 2.24) is 4.57 Å². The summed E-state index contributed by atoms with van der Waals surface area (Å²) in [4.78, 5) is 0. The highest BCUT2D eigenvalue weighted by Gasteiger charge is 2.28. The molecule has 0 fully saturated rings. The molecular weight excluding hydrogens is 424 g/mol. The largest absolute Gasteiger partial charge is 0.350 e. The van der Waals surface area contributed by atoms with Crippen LogP contribution in [0.2, 0.25) is 0 Å². The van der Waals surface area contributed by atoms with Crippen LogP contribution in [0.25, 0.3) is 17.0 Å². The zero-order chi connectivity index (χ0) is 24.4. The normalized spacial score (nSPS) is 15.2. The molecule has 0 aliphatic heterocycles. The van der Waals surface area contributed by atoms with Gasteiger partial charge in [0.2, 0.25) is 0 Å². The van der Waals surface area contributed by atoms with Gasteiger partial charge in [-0.2, -0.15) is 4.40 Å². The second kappa shape index (κ2) is 8.09. The lowest BCUT2D eigenvalue weighted by molar-refractivity contribution is 0.650. The van der Waals surface area contributed by atoms with E-state index in [1.54, 1.807) is 0 Å². The summed E-state index contributed by atoms with van der Waals surface area (Å²) in [6, 6.07) is 4.49. The molecule has 3 nitrogen and oxygen atoms in total.